The third-order valence-electron chi connectivity index (χ3n) is 5.60. The van der Waals surface area contributed by atoms with Gasteiger partial charge in [-0.25, -0.2) is 4.98 Å². The topological polar surface area (TPSA) is 58.1 Å². The Bertz CT molecular complexity index is 1150. The summed E-state index contributed by atoms with van der Waals surface area (Å²) >= 11 is 1.35. The van der Waals surface area contributed by atoms with Gasteiger partial charge in [0.1, 0.15) is 5.82 Å². The van der Waals surface area contributed by atoms with Gasteiger partial charge in [0.15, 0.2) is 0 Å². The van der Waals surface area contributed by atoms with Crippen LogP contribution >= 0.6 is 11.5 Å². The van der Waals surface area contributed by atoms with Gasteiger partial charge in [0, 0.05) is 30.5 Å². The van der Waals surface area contributed by atoms with Crippen molar-refractivity contribution >= 4 is 22.6 Å². The predicted octanol–water partition coefficient (Wildman–Crippen LogP) is 5.27. The number of amides is 1. The number of nitrogens with one attached hydrogen (secondary N) is 1. The highest BCUT2D eigenvalue weighted by atomic mass is 32.1. The third-order valence-corrected chi connectivity index (χ3v) is 6.41. The van der Waals surface area contributed by atoms with Crippen LogP contribution in [0.4, 0.5) is 5.13 Å². The maximum absolute atomic E-state index is 12.9. The van der Waals surface area contributed by atoms with Crippen LogP contribution in [-0.2, 0) is 24.2 Å². The summed E-state index contributed by atoms with van der Waals surface area (Å²) in [6, 6.07) is 30.8. The molecule has 3 aromatic carbocycles. The number of carbonyl (C=O) groups is 1. The van der Waals surface area contributed by atoms with Crippen molar-refractivity contribution in [3.8, 4) is 0 Å². The lowest BCUT2D eigenvalue weighted by Gasteiger charge is -2.22. The van der Waals surface area contributed by atoms with E-state index in [0.29, 0.717) is 13.0 Å². The number of nitrogens with zero attached hydrogens (tertiary/aromatic N) is 3. The normalized spacial score (nSPS) is 11.7. The van der Waals surface area contributed by atoms with Crippen molar-refractivity contribution in [2.75, 3.05) is 11.4 Å². The van der Waals surface area contributed by atoms with Gasteiger partial charge < -0.3 is 10.2 Å². The van der Waals surface area contributed by atoms with Crippen LogP contribution in [-0.4, -0.2) is 27.9 Å². The van der Waals surface area contributed by atoms with E-state index in [2.05, 4.69) is 53.0 Å². The molecule has 4 aromatic rings. The average Bonchev–Trinajstić information content (AvgIpc) is 3.33. The fourth-order valence-electron chi connectivity index (χ4n) is 3.81. The molecule has 1 unspecified atom stereocenters. The van der Waals surface area contributed by atoms with E-state index in [0.717, 1.165) is 29.4 Å². The summed E-state index contributed by atoms with van der Waals surface area (Å²) in [7, 11) is 0. The van der Waals surface area contributed by atoms with E-state index in [1.807, 2.05) is 59.5 Å². The molecule has 0 saturated carbocycles. The molecule has 0 radical (unpaired) electrons. The quantitative estimate of drug-likeness (QED) is 0.324. The number of rotatable bonds is 11. The highest BCUT2D eigenvalue weighted by molar-refractivity contribution is 7.09. The predicted molar refractivity (Wildman–Crippen MR) is 139 cm³/mol. The second-order valence-corrected chi connectivity index (χ2v) is 9.22. The van der Waals surface area contributed by atoms with Crippen molar-refractivity contribution in [2.24, 2.45) is 0 Å². The summed E-state index contributed by atoms with van der Waals surface area (Å²) in [5.74, 6) is 0.775. The molecule has 0 fully saturated rings. The molecular formula is C28H30N4OS. The van der Waals surface area contributed by atoms with Gasteiger partial charge in [-0.15, -0.1) is 0 Å². The van der Waals surface area contributed by atoms with E-state index in [-0.39, 0.29) is 18.5 Å². The van der Waals surface area contributed by atoms with Gasteiger partial charge in [-0.3, -0.25) is 4.79 Å². The first kappa shape index (κ1) is 23.6. The molecule has 0 aliphatic rings. The number of hydrogen-bond acceptors (Lipinski definition) is 5. The molecule has 1 amide bonds. The Hall–Kier alpha value is -3.51. The first-order valence-corrected chi connectivity index (χ1v) is 12.4. The molecule has 1 N–H and O–H groups in total. The molecule has 0 saturated heterocycles. The highest BCUT2D eigenvalue weighted by Crippen LogP contribution is 2.21. The lowest BCUT2D eigenvalue weighted by atomic mass is 10.1. The molecule has 1 aromatic heterocycles. The van der Waals surface area contributed by atoms with E-state index in [9.17, 15) is 4.79 Å². The number of anilines is 1. The van der Waals surface area contributed by atoms with E-state index >= 15 is 0 Å². The number of aromatic nitrogens is 2. The largest absolute Gasteiger partial charge is 0.352 e. The average molecular weight is 471 g/mol. The van der Waals surface area contributed by atoms with Crippen LogP contribution in [0.5, 0.6) is 0 Å². The minimum absolute atomic E-state index is 0.00342. The zero-order valence-corrected chi connectivity index (χ0v) is 20.2. The molecule has 0 bridgehead atoms. The van der Waals surface area contributed by atoms with Crippen LogP contribution in [0.1, 0.15) is 35.9 Å². The maximum atomic E-state index is 12.9. The van der Waals surface area contributed by atoms with Crippen LogP contribution in [0.25, 0.3) is 0 Å². The Labute approximate surface area is 205 Å². The second-order valence-electron chi connectivity index (χ2n) is 8.49. The molecule has 4 rings (SSSR count). The van der Waals surface area contributed by atoms with E-state index in [4.69, 9.17) is 4.98 Å². The van der Waals surface area contributed by atoms with Crippen LogP contribution in [0.2, 0.25) is 0 Å². The van der Waals surface area contributed by atoms with Gasteiger partial charge in [0.25, 0.3) is 0 Å². The van der Waals surface area contributed by atoms with E-state index < -0.39 is 0 Å². The Kier molecular flexibility index (Phi) is 8.41. The molecular weight excluding hydrogens is 440 g/mol. The van der Waals surface area contributed by atoms with E-state index in [1.165, 1.54) is 22.7 Å². The summed E-state index contributed by atoms with van der Waals surface area (Å²) in [5.41, 5.74) is 3.59. The standard InChI is InChI=1S/C28H30N4OS/c1-22(17-18-23-11-5-2-6-12-23)29-27(33)21-32(20-25-15-9-4-10-16-25)28-30-26(31-34-28)19-24-13-7-3-8-14-24/h2-16,22H,17-21H2,1H3,(H,29,33). The molecule has 5 nitrogen and oxygen atoms in total. The number of aryl methyl sites for hydroxylation is 1. The lowest BCUT2D eigenvalue weighted by Crippen LogP contribution is -2.41. The van der Waals surface area contributed by atoms with Crippen molar-refractivity contribution in [3.63, 3.8) is 0 Å². The third kappa shape index (κ3) is 7.25. The SMILES string of the molecule is CC(CCc1ccccc1)NC(=O)CN(Cc1ccccc1)c1nc(Cc2ccccc2)ns1. The molecule has 0 aliphatic heterocycles. The van der Waals surface area contributed by atoms with Crippen LogP contribution in [0.15, 0.2) is 91.0 Å². The van der Waals surface area contributed by atoms with Crippen molar-refractivity contribution in [3.05, 3.63) is 114 Å². The molecule has 6 heteroatoms. The molecule has 1 atom stereocenters. The second kappa shape index (κ2) is 12.1. The summed E-state index contributed by atoms with van der Waals surface area (Å²) in [4.78, 5) is 19.7. The van der Waals surface area contributed by atoms with Crippen molar-refractivity contribution in [1.29, 1.82) is 0 Å². The fourth-order valence-corrected chi connectivity index (χ4v) is 4.50. The smallest absolute Gasteiger partial charge is 0.239 e. The summed E-state index contributed by atoms with van der Waals surface area (Å²) in [6.45, 7) is 2.91. The zero-order valence-electron chi connectivity index (χ0n) is 19.4. The van der Waals surface area contributed by atoms with Crippen LogP contribution in [0, 0.1) is 0 Å². The number of hydrogen-bond donors (Lipinski definition) is 1. The zero-order chi connectivity index (χ0) is 23.6. The molecule has 0 spiro atoms. The van der Waals surface area contributed by atoms with Gasteiger partial charge in [-0.05, 0) is 36.5 Å². The number of carbonyl (C=O) groups excluding carboxylic acids is 1. The Balaban J connectivity index is 1.40. The van der Waals surface area contributed by atoms with Gasteiger partial charge in [-0.1, -0.05) is 91.0 Å². The van der Waals surface area contributed by atoms with Crippen molar-refractivity contribution in [1.82, 2.24) is 14.7 Å². The van der Waals surface area contributed by atoms with Crippen molar-refractivity contribution in [2.45, 2.75) is 38.8 Å². The minimum atomic E-state index is -0.00342. The Morgan fingerprint density at radius 3 is 2.12 bits per heavy atom. The first-order valence-electron chi connectivity index (χ1n) is 11.6. The van der Waals surface area contributed by atoms with Gasteiger partial charge >= 0.3 is 0 Å². The molecule has 174 valence electrons. The van der Waals surface area contributed by atoms with Crippen molar-refractivity contribution < 1.29 is 4.79 Å². The summed E-state index contributed by atoms with van der Waals surface area (Å²) < 4.78 is 4.56. The van der Waals surface area contributed by atoms with Gasteiger partial charge in [0.2, 0.25) is 11.0 Å². The highest BCUT2D eigenvalue weighted by Gasteiger charge is 2.18. The Morgan fingerprint density at radius 2 is 1.47 bits per heavy atom. The fraction of sp³-hybridized carbons (Fsp3) is 0.250. The van der Waals surface area contributed by atoms with E-state index in [1.54, 1.807) is 0 Å². The van der Waals surface area contributed by atoms with Gasteiger partial charge in [-0.2, -0.15) is 4.37 Å². The number of benzene rings is 3. The first-order chi connectivity index (χ1) is 16.7. The lowest BCUT2D eigenvalue weighted by molar-refractivity contribution is -0.120. The maximum Gasteiger partial charge on any atom is 0.239 e. The molecule has 0 aliphatic carbocycles. The minimum Gasteiger partial charge on any atom is -0.352 e. The monoisotopic (exact) mass is 470 g/mol. The molecule has 34 heavy (non-hydrogen) atoms. The van der Waals surface area contributed by atoms with Crippen LogP contribution in [0.3, 0.4) is 0 Å². The molecule has 1 heterocycles. The van der Waals surface area contributed by atoms with Gasteiger partial charge in [0.05, 0.1) is 6.54 Å². The summed E-state index contributed by atoms with van der Waals surface area (Å²) in [5, 5.41) is 3.92. The Morgan fingerprint density at radius 1 is 0.882 bits per heavy atom. The van der Waals surface area contributed by atoms with Crippen LogP contribution < -0.4 is 10.2 Å². The summed E-state index contributed by atoms with van der Waals surface area (Å²) in [6.07, 6.45) is 2.52.